The van der Waals surface area contributed by atoms with E-state index in [-0.39, 0.29) is 0 Å². The minimum absolute atomic E-state index is 0.448. The summed E-state index contributed by atoms with van der Waals surface area (Å²) in [5.41, 5.74) is 0. The Morgan fingerprint density at radius 2 is 2.00 bits per heavy atom. The van der Waals surface area contributed by atoms with E-state index in [9.17, 15) is 13.6 Å². The first kappa shape index (κ1) is 8.13. The lowest BCUT2D eigenvalue weighted by Crippen LogP contribution is -2.20. The molecule has 0 aromatic heterocycles. The van der Waals surface area contributed by atoms with Crippen molar-refractivity contribution in [3.05, 3.63) is 0 Å². The molecule has 0 aliphatic rings. The molecule has 0 aliphatic heterocycles. The standard InChI is InChI=1S/C4H6F2O3/c1-4(5,6)9-3(7)8-2/h1-2H3. The average molecular weight is 140 g/mol. The Kier molecular flexibility index (Phi) is 2.36. The molecule has 0 N–H and O–H groups in total. The number of hydrogen-bond acceptors (Lipinski definition) is 3. The Balaban J connectivity index is 3.60. The zero-order chi connectivity index (χ0) is 7.49. The van der Waals surface area contributed by atoms with Crippen LogP contribution in [0.1, 0.15) is 6.92 Å². The second-order valence-corrected chi connectivity index (χ2v) is 1.36. The highest BCUT2D eigenvalue weighted by atomic mass is 19.3. The fourth-order valence-electron chi connectivity index (χ4n) is 0.188. The molecule has 0 amide bonds. The second-order valence-electron chi connectivity index (χ2n) is 1.36. The maximum absolute atomic E-state index is 11.6. The van der Waals surface area contributed by atoms with Crippen LogP contribution in [0, 0.1) is 0 Å². The van der Waals surface area contributed by atoms with Gasteiger partial charge in [0.05, 0.1) is 7.11 Å². The number of ether oxygens (including phenoxy) is 2. The zero-order valence-corrected chi connectivity index (χ0v) is 4.98. The predicted octanol–water partition coefficient (Wildman–Crippen LogP) is 1.38. The Bertz CT molecular complexity index is 107. The van der Waals surface area contributed by atoms with Crippen molar-refractivity contribution in [1.82, 2.24) is 0 Å². The maximum atomic E-state index is 11.6. The van der Waals surface area contributed by atoms with Crippen molar-refractivity contribution in [3.8, 4) is 0 Å². The summed E-state index contributed by atoms with van der Waals surface area (Å²) in [5.74, 6) is 0. The van der Waals surface area contributed by atoms with E-state index in [4.69, 9.17) is 0 Å². The Labute approximate surface area is 50.6 Å². The van der Waals surface area contributed by atoms with Crippen molar-refractivity contribution in [2.24, 2.45) is 0 Å². The lowest BCUT2D eigenvalue weighted by molar-refractivity contribution is -0.194. The number of carbonyl (C=O) groups is 1. The Hall–Kier alpha value is -0.870. The van der Waals surface area contributed by atoms with Gasteiger partial charge in [-0.25, -0.2) is 4.79 Å². The summed E-state index contributed by atoms with van der Waals surface area (Å²) < 4.78 is 30.5. The van der Waals surface area contributed by atoms with Gasteiger partial charge >= 0.3 is 12.3 Å². The van der Waals surface area contributed by atoms with E-state index >= 15 is 0 Å². The third kappa shape index (κ3) is 4.99. The van der Waals surface area contributed by atoms with Gasteiger partial charge in [0.1, 0.15) is 0 Å². The summed E-state index contributed by atoms with van der Waals surface area (Å²) in [6.45, 7) is 0.448. The van der Waals surface area contributed by atoms with Gasteiger partial charge in [-0.05, 0) is 0 Å². The second kappa shape index (κ2) is 2.61. The lowest BCUT2D eigenvalue weighted by Gasteiger charge is -2.08. The van der Waals surface area contributed by atoms with Gasteiger partial charge in [0.15, 0.2) is 0 Å². The van der Waals surface area contributed by atoms with Crippen molar-refractivity contribution in [2.45, 2.75) is 13.0 Å². The zero-order valence-electron chi connectivity index (χ0n) is 4.98. The maximum Gasteiger partial charge on any atom is 0.512 e. The predicted molar refractivity (Wildman–Crippen MR) is 24.1 cm³/mol. The number of carbonyl (C=O) groups excluding carboxylic acids is 1. The topological polar surface area (TPSA) is 35.5 Å². The minimum Gasteiger partial charge on any atom is -0.437 e. The number of halogens is 2. The third-order valence-corrected chi connectivity index (χ3v) is 0.429. The van der Waals surface area contributed by atoms with Crippen molar-refractivity contribution in [2.75, 3.05) is 7.11 Å². The highest BCUT2D eigenvalue weighted by Crippen LogP contribution is 2.13. The fourth-order valence-corrected chi connectivity index (χ4v) is 0.188. The number of rotatable bonds is 1. The van der Waals surface area contributed by atoms with E-state index in [2.05, 4.69) is 9.47 Å². The van der Waals surface area contributed by atoms with Crippen molar-refractivity contribution >= 4 is 6.16 Å². The van der Waals surface area contributed by atoms with E-state index in [1.54, 1.807) is 0 Å². The molecule has 0 atom stereocenters. The molecule has 0 spiro atoms. The third-order valence-electron chi connectivity index (χ3n) is 0.429. The van der Waals surface area contributed by atoms with Gasteiger partial charge in [-0.15, -0.1) is 0 Å². The molecule has 0 saturated carbocycles. The van der Waals surface area contributed by atoms with E-state index < -0.39 is 12.3 Å². The van der Waals surface area contributed by atoms with Gasteiger partial charge in [-0.3, -0.25) is 0 Å². The van der Waals surface area contributed by atoms with Crippen LogP contribution in [0.2, 0.25) is 0 Å². The summed E-state index contributed by atoms with van der Waals surface area (Å²) in [6, 6.07) is 0. The van der Waals surface area contributed by atoms with Crippen LogP contribution in [0.15, 0.2) is 0 Å². The Morgan fingerprint density at radius 3 is 2.11 bits per heavy atom. The fraction of sp³-hybridized carbons (Fsp3) is 0.750. The number of hydrogen-bond donors (Lipinski definition) is 0. The van der Waals surface area contributed by atoms with Crippen LogP contribution < -0.4 is 0 Å². The summed E-state index contributed by atoms with van der Waals surface area (Å²) in [7, 11) is 0.952. The molecule has 0 heterocycles. The highest BCUT2D eigenvalue weighted by Gasteiger charge is 2.26. The Morgan fingerprint density at radius 1 is 1.56 bits per heavy atom. The van der Waals surface area contributed by atoms with E-state index in [0.717, 1.165) is 7.11 Å². The van der Waals surface area contributed by atoms with Crippen LogP contribution in [0.5, 0.6) is 0 Å². The summed E-state index contributed by atoms with van der Waals surface area (Å²) in [5, 5.41) is 0. The first-order chi connectivity index (χ1) is 3.95. The molecule has 0 aromatic carbocycles. The molecule has 0 fully saturated rings. The van der Waals surface area contributed by atoms with Gasteiger partial charge < -0.3 is 9.47 Å². The van der Waals surface area contributed by atoms with Crippen LogP contribution in [-0.4, -0.2) is 19.4 Å². The van der Waals surface area contributed by atoms with Crippen LogP contribution in [0.25, 0.3) is 0 Å². The van der Waals surface area contributed by atoms with Gasteiger partial charge in [0.25, 0.3) is 0 Å². The smallest absolute Gasteiger partial charge is 0.437 e. The largest absolute Gasteiger partial charge is 0.512 e. The SMILES string of the molecule is COC(=O)OC(C)(F)F. The van der Waals surface area contributed by atoms with E-state index in [1.165, 1.54) is 0 Å². The van der Waals surface area contributed by atoms with Gasteiger partial charge in [0.2, 0.25) is 0 Å². The molecule has 0 radical (unpaired) electrons. The van der Waals surface area contributed by atoms with Crippen LogP contribution in [0.4, 0.5) is 13.6 Å². The molecule has 0 aromatic rings. The molecular formula is C4H6F2O3. The van der Waals surface area contributed by atoms with Crippen LogP contribution >= 0.6 is 0 Å². The summed E-state index contributed by atoms with van der Waals surface area (Å²) >= 11 is 0. The number of methoxy groups -OCH3 is 1. The van der Waals surface area contributed by atoms with Crippen LogP contribution in [0.3, 0.4) is 0 Å². The van der Waals surface area contributed by atoms with Crippen LogP contribution in [-0.2, 0) is 9.47 Å². The molecule has 0 aliphatic carbocycles. The lowest BCUT2D eigenvalue weighted by atomic mass is 10.7. The van der Waals surface area contributed by atoms with Gasteiger partial charge in [-0.1, -0.05) is 0 Å². The molecule has 5 heteroatoms. The quantitative estimate of drug-likeness (QED) is 0.516. The molecule has 0 unspecified atom stereocenters. The van der Waals surface area contributed by atoms with Gasteiger partial charge in [-0.2, -0.15) is 8.78 Å². The summed E-state index contributed by atoms with van der Waals surface area (Å²) in [4.78, 5) is 9.90. The van der Waals surface area contributed by atoms with E-state index in [0.29, 0.717) is 6.92 Å². The molecule has 3 nitrogen and oxygen atoms in total. The molecule has 0 rings (SSSR count). The van der Waals surface area contributed by atoms with E-state index in [1.807, 2.05) is 0 Å². The number of alkyl halides is 2. The first-order valence-electron chi connectivity index (χ1n) is 2.10. The molecule has 54 valence electrons. The monoisotopic (exact) mass is 140 g/mol. The normalized spacial score (nSPS) is 10.7. The summed E-state index contributed by atoms with van der Waals surface area (Å²) in [6.07, 6.45) is -4.84. The minimum atomic E-state index is -3.45. The molecule has 0 bridgehead atoms. The average Bonchev–Trinajstić information content (AvgIpc) is 1.62. The van der Waals surface area contributed by atoms with Crippen molar-refractivity contribution in [3.63, 3.8) is 0 Å². The molecule has 9 heavy (non-hydrogen) atoms. The molecule has 0 saturated heterocycles. The van der Waals surface area contributed by atoms with Crippen molar-refractivity contribution in [1.29, 1.82) is 0 Å². The molecular weight excluding hydrogens is 134 g/mol. The van der Waals surface area contributed by atoms with Gasteiger partial charge in [0, 0.05) is 6.92 Å². The van der Waals surface area contributed by atoms with Crippen molar-refractivity contribution < 1.29 is 23.0 Å². The first-order valence-corrected chi connectivity index (χ1v) is 2.10. The highest BCUT2D eigenvalue weighted by molar-refractivity contribution is 5.59.